The van der Waals surface area contributed by atoms with Crippen molar-refractivity contribution < 1.29 is 9.84 Å². The number of nitrogens with one attached hydrogen (secondary N) is 1. The maximum atomic E-state index is 12.0. The lowest BCUT2D eigenvalue weighted by molar-refractivity contribution is 0.607. The minimum atomic E-state index is -3.49. The molecule has 0 aliphatic heterocycles. The van der Waals surface area contributed by atoms with Gasteiger partial charge in [0.05, 0.1) is 4.91 Å². The smallest absolute Gasteiger partial charge is 0.262 e. The number of aromatic nitrogens is 1. The molecule has 20 heavy (non-hydrogen) atoms. The van der Waals surface area contributed by atoms with Crippen molar-refractivity contribution in [3.8, 4) is 0 Å². The van der Waals surface area contributed by atoms with Gasteiger partial charge in [0, 0.05) is 7.62 Å². The molecule has 0 bridgehead atoms. The quantitative estimate of drug-likeness (QED) is 0.916. The van der Waals surface area contributed by atoms with Gasteiger partial charge in [0.1, 0.15) is 5.82 Å². The van der Waals surface area contributed by atoms with E-state index in [-0.39, 0.29) is 1.43 Å². The Kier molecular flexibility index (Phi) is 6.45. The average Bonchev–Trinajstić information content (AvgIpc) is 2.43. The Balaban J connectivity index is 0.000000922. The van der Waals surface area contributed by atoms with Gasteiger partial charge in [-0.05, 0) is 37.5 Å². The maximum Gasteiger partial charge on any atom is 0.262 e. The molecule has 0 saturated heterocycles. The zero-order chi connectivity index (χ0) is 15.0. The minimum Gasteiger partial charge on any atom is -0.263 e. The highest BCUT2D eigenvalue weighted by Crippen LogP contribution is 2.18. The Morgan fingerprint density at radius 1 is 1.30 bits per heavy atom. The van der Waals surface area contributed by atoms with Crippen LogP contribution in [0.3, 0.4) is 0 Å². The number of hydrogen-bond acceptors (Lipinski definition) is 3. The maximum absolute atomic E-state index is 12.0. The highest BCUT2D eigenvalue weighted by Gasteiger charge is 2.16. The molecule has 0 atom stereocenters. The van der Waals surface area contributed by atoms with Crippen LogP contribution < -0.4 is 4.72 Å². The number of anilines is 1. The molecule has 1 aliphatic rings. The van der Waals surface area contributed by atoms with Gasteiger partial charge < -0.3 is 0 Å². The number of allylic oxidation sites excluding steroid dienone is 3. The number of aryl methyl sites for hydroxylation is 1. The normalized spacial score (nSPS) is 14.1. The fourth-order valence-corrected chi connectivity index (χ4v) is 2.64. The molecular weight excluding hydrogens is 272 g/mol. The zero-order valence-electron chi connectivity index (χ0n) is 12.3. The third-order valence-corrected chi connectivity index (χ3v) is 3.82. The molecule has 1 aromatic rings. The van der Waals surface area contributed by atoms with E-state index in [0.29, 0.717) is 10.7 Å². The molecule has 0 unspecified atom stereocenters. The van der Waals surface area contributed by atoms with Crippen LogP contribution in [0.5, 0.6) is 0 Å². The molecule has 0 radical (unpaired) electrons. The van der Waals surface area contributed by atoms with Gasteiger partial charge in [0.15, 0.2) is 0 Å². The van der Waals surface area contributed by atoms with E-state index >= 15 is 0 Å². The number of rotatable bonds is 3. The van der Waals surface area contributed by atoms with Gasteiger partial charge in [-0.3, -0.25) is 4.72 Å². The average molecular weight is 296 g/mol. The van der Waals surface area contributed by atoms with Crippen molar-refractivity contribution in [3.05, 3.63) is 47.0 Å². The summed E-state index contributed by atoms with van der Waals surface area (Å²) in [6.07, 6.45) is 9.73. The monoisotopic (exact) mass is 296 g/mol. The van der Waals surface area contributed by atoms with E-state index in [1.165, 1.54) is 6.42 Å². The minimum absolute atomic E-state index is 0. The van der Waals surface area contributed by atoms with Crippen LogP contribution in [0.15, 0.2) is 41.5 Å². The second-order valence-electron chi connectivity index (χ2n) is 4.62. The van der Waals surface area contributed by atoms with E-state index in [1.807, 2.05) is 19.1 Å². The van der Waals surface area contributed by atoms with Crippen molar-refractivity contribution in [2.45, 2.75) is 40.0 Å². The summed E-state index contributed by atoms with van der Waals surface area (Å²) in [4.78, 5) is 4.33. The SMILES string of the molecule is CCC.Cc1ccc(NS(=O)(=O)C2=CCCC=C2)nc1.[HH]. The number of hydrogen-bond donors (Lipinski definition) is 1. The third-order valence-electron chi connectivity index (χ3n) is 2.42. The molecule has 0 fully saturated rings. The number of sulfonamides is 1. The fourth-order valence-electron chi connectivity index (χ4n) is 1.51. The van der Waals surface area contributed by atoms with Crippen molar-refractivity contribution in [2.24, 2.45) is 0 Å². The van der Waals surface area contributed by atoms with Gasteiger partial charge >= 0.3 is 0 Å². The lowest BCUT2D eigenvalue weighted by Crippen LogP contribution is -2.15. The molecule has 0 aromatic carbocycles. The molecule has 5 heteroatoms. The zero-order valence-corrected chi connectivity index (χ0v) is 13.1. The van der Waals surface area contributed by atoms with Crippen molar-refractivity contribution in [1.82, 2.24) is 4.98 Å². The van der Waals surface area contributed by atoms with Crippen LogP contribution in [0.25, 0.3) is 0 Å². The first-order valence-corrected chi connectivity index (χ1v) is 8.30. The van der Waals surface area contributed by atoms with Gasteiger partial charge in [-0.2, -0.15) is 0 Å². The van der Waals surface area contributed by atoms with Gasteiger partial charge in [-0.1, -0.05) is 38.5 Å². The summed E-state index contributed by atoms with van der Waals surface area (Å²) >= 11 is 0. The summed E-state index contributed by atoms with van der Waals surface area (Å²) in [5.74, 6) is 0.343. The first kappa shape index (κ1) is 16.4. The van der Waals surface area contributed by atoms with Crippen molar-refractivity contribution >= 4 is 15.8 Å². The standard InChI is InChI=1S/C12H14N2O2S.C3H8.H2/c1-10-7-8-12(13-9-10)14-17(15,16)11-5-3-2-4-6-11;1-3-2;/h3,5-9H,2,4H2,1H3,(H,13,14);3H2,1-2H3;1H. The van der Waals surface area contributed by atoms with Crippen molar-refractivity contribution in [2.75, 3.05) is 4.72 Å². The molecule has 0 amide bonds. The largest absolute Gasteiger partial charge is 0.263 e. The van der Waals surface area contributed by atoms with Crippen LogP contribution in [-0.2, 0) is 10.0 Å². The predicted octanol–water partition coefficient (Wildman–Crippen LogP) is 4.03. The molecule has 1 aliphatic carbocycles. The number of pyridine rings is 1. The van der Waals surface area contributed by atoms with Crippen LogP contribution >= 0.6 is 0 Å². The summed E-state index contributed by atoms with van der Waals surface area (Å²) in [5.41, 5.74) is 0.990. The van der Waals surface area contributed by atoms with Crippen LogP contribution in [-0.4, -0.2) is 13.4 Å². The van der Waals surface area contributed by atoms with Crippen LogP contribution in [0, 0.1) is 6.92 Å². The molecule has 2 rings (SSSR count). The molecule has 0 spiro atoms. The Morgan fingerprint density at radius 2 is 2.00 bits per heavy atom. The second-order valence-corrected chi connectivity index (χ2v) is 6.30. The van der Waals surface area contributed by atoms with Crippen molar-refractivity contribution in [1.29, 1.82) is 0 Å². The fraction of sp³-hybridized carbons (Fsp3) is 0.400. The lowest BCUT2D eigenvalue weighted by Gasteiger charge is -2.10. The summed E-state index contributed by atoms with van der Waals surface area (Å²) in [6, 6.07) is 3.47. The van der Waals surface area contributed by atoms with Crippen LogP contribution in [0.1, 0.15) is 40.1 Å². The van der Waals surface area contributed by atoms with Gasteiger partial charge in [-0.15, -0.1) is 0 Å². The van der Waals surface area contributed by atoms with E-state index < -0.39 is 10.0 Å². The first-order chi connectivity index (χ1) is 9.49. The Morgan fingerprint density at radius 3 is 2.50 bits per heavy atom. The lowest BCUT2D eigenvalue weighted by atomic mass is 10.2. The highest BCUT2D eigenvalue weighted by molar-refractivity contribution is 7.96. The van der Waals surface area contributed by atoms with Gasteiger partial charge in [-0.25, -0.2) is 13.4 Å². The Labute approximate surface area is 123 Å². The molecule has 4 nitrogen and oxygen atoms in total. The Hall–Kier alpha value is -1.62. The molecule has 1 heterocycles. The molecule has 0 saturated carbocycles. The first-order valence-electron chi connectivity index (χ1n) is 6.81. The van der Waals surface area contributed by atoms with Crippen LogP contribution in [0.2, 0.25) is 0 Å². The van der Waals surface area contributed by atoms with E-state index in [1.54, 1.807) is 24.4 Å². The second kappa shape index (κ2) is 7.85. The van der Waals surface area contributed by atoms with E-state index in [0.717, 1.165) is 18.4 Å². The summed E-state index contributed by atoms with van der Waals surface area (Å²) in [5, 5.41) is 0. The molecule has 1 aromatic heterocycles. The van der Waals surface area contributed by atoms with E-state index in [2.05, 4.69) is 23.6 Å². The van der Waals surface area contributed by atoms with Crippen LogP contribution in [0.4, 0.5) is 5.82 Å². The summed E-state index contributed by atoms with van der Waals surface area (Å²) in [6.45, 7) is 6.15. The highest BCUT2D eigenvalue weighted by atomic mass is 32.2. The topological polar surface area (TPSA) is 59.1 Å². The summed E-state index contributed by atoms with van der Waals surface area (Å²) < 4.78 is 26.4. The van der Waals surface area contributed by atoms with Gasteiger partial charge in [0.25, 0.3) is 10.0 Å². The van der Waals surface area contributed by atoms with E-state index in [4.69, 9.17) is 0 Å². The molecule has 1 N–H and O–H groups in total. The number of nitrogens with zero attached hydrogens (tertiary/aromatic N) is 1. The molecular formula is C15H24N2O2S. The van der Waals surface area contributed by atoms with Crippen molar-refractivity contribution in [3.63, 3.8) is 0 Å². The van der Waals surface area contributed by atoms with Gasteiger partial charge in [0.2, 0.25) is 0 Å². The van der Waals surface area contributed by atoms with E-state index in [9.17, 15) is 8.42 Å². The third kappa shape index (κ3) is 5.17. The predicted molar refractivity (Wildman–Crippen MR) is 86.1 cm³/mol. The summed E-state index contributed by atoms with van der Waals surface area (Å²) in [7, 11) is -3.49. The Bertz CT molecular complexity index is 578. The molecule has 112 valence electrons.